The summed E-state index contributed by atoms with van der Waals surface area (Å²) in [5.41, 5.74) is 4.79. The first-order chi connectivity index (χ1) is 20.7. The molecule has 0 aromatic heterocycles. The minimum atomic E-state index is -0.447. The summed E-state index contributed by atoms with van der Waals surface area (Å²) in [6, 6.07) is 13.2. The van der Waals surface area contributed by atoms with Gasteiger partial charge in [-0.05, 0) is 126 Å². The van der Waals surface area contributed by atoms with Crippen LogP contribution in [0.4, 0.5) is 0 Å². The van der Waals surface area contributed by atoms with Crippen molar-refractivity contribution in [2.75, 3.05) is 40.4 Å². The third-order valence-corrected chi connectivity index (χ3v) is 10.4. The Morgan fingerprint density at radius 3 is 1.98 bits per heavy atom. The van der Waals surface area contributed by atoms with Crippen LogP contribution in [0, 0.1) is 11.8 Å². The van der Waals surface area contributed by atoms with Crippen molar-refractivity contribution < 1.29 is 19.1 Å². The number of carbonyl (C=O) groups is 2. The lowest BCUT2D eigenvalue weighted by atomic mass is 9.75. The van der Waals surface area contributed by atoms with E-state index in [1.807, 2.05) is 0 Å². The molecular weight excluding hydrogens is 524 g/mol. The first-order valence-electron chi connectivity index (χ1n) is 16.1. The number of hydrogen-bond acceptors (Lipinski definition) is 6. The van der Waals surface area contributed by atoms with Gasteiger partial charge in [0.05, 0.1) is 24.0 Å². The quantitative estimate of drug-likeness (QED) is 0.249. The lowest BCUT2D eigenvalue weighted by Crippen LogP contribution is -2.41. The number of nitrogens with one attached hydrogen (secondary N) is 2. The summed E-state index contributed by atoms with van der Waals surface area (Å²) in [7, 11) is 3.47. The maximum atomic E-state index is 13.2. The zero-order valence-corrected chi connectivity index (χ0v) is 25.2. The van der Waals surface area contributed by atoms with E-state index in [4.69, 9.17) is 9.47 Å². The smallest absolute Gasteiger partial charge is 0.130 e. The molecule has 2 fully saturated rings. The molecule has 0 bridgehead atoms. The molecule has 0 spiro atoms. The zero-order chi connectivity index (χ0) is 29.1. The predicted octanol–water partition coefficient (Wildman–Crippen LogP) is 5.47. The van der Waals surface area contributed by atoms with Crippen LogP contribution < -0.4 is 10.6 Å². The molecule has 6 heteroatoms. The molecule has 0 saturated carbocycles. The topological polar surface area (TPSA) is 76.7 Å². The van der Waals surface area contributed by atoms with E-state index in [0.29, 0.717) is 0 Å². The summed E-state index contributed by atoms with van der Waals surface area (Å²) in [4.78, 5) is 26.2. The van der Waals surface area contributed by atoms with Gasteiger partial charge in [0.25, 0.3) is 0 Å². The number of aldehydes is 2. The van der Waals surface area contributed by atoms with Gasteiger partial charge in [0.1, 0.15) is 12.6 Å². The van der Waals surface area contributed by atoms with Gasteiger partial charge in [-0.1, -0.05) is 30.3 Å². The second-order valence-corrected chi connectivity index (χ2v) is 12.7. The molecule has 3 aromatic carbocycles. The largest absolute Gasteiger partial charge is 0.380 e. The number of methoxy groups -OCH3 is 2. The van der Waals surface area contributed by atoms with Crippen LogP contribution in [0.2, 0.25) is 0 Å². The fourth-order valence-electron chi connectivity index (χ4n) is 8.38. The monoisotopic (exact) mass is 570 g/mol. The van der Waals surface area contributed by atoms with Gasteiger partial charge in [-0.2, -0.15) is 0 Å². The Kier molecular flexibility index (Phi) is 9.35. The highest BCUT2D eigenvalue weighted by Crippen LogP contribution is 2.43. The number of hydrogen-bond donors (Lipinski definition) is 2. The molecule has 42 heavy (non-hydrogen) atoms. The molecule has 6 atom stereocenters. The van der Waals surface area contributed by atoms with Crippen molar-refractivity contribution in [3.63, 3.8) is 0 Å². The molecule has 6 rings (SSSR count). The Balaban J connectivity index is 1.60. The summed E-state index contributed by atoms with van der Waals surface area (Å²) in [6.07, 6.45) is 10.4. The van der Waals surface area contributed by atoms with E-state index in [1.54, 1.807) is 14.2 Å². The van der Waals surface area contributed by atoms with Crippen LogP contribution in [0.5, 0.6) is 0 Å². The van der Waals surface area contributed by atoms with Crippen LogP contribution in [0.25, 0.3) is 21.5 Å². The summed E-state index contributed by atoms with van der Waals surface area (Å²) in [6.45, 7) is 3.69. The van der Waals surface area contributed by atoms with E-state index in [2.05, 4.69) is 47.0 Å². The first-order valence-corrected chi connectivity index (χ1v) is 16.1. The molecule has 6 unspecified atom stereocenters. The van der Waals surface area contributed by atoms with Crippen LogP contribution in [0.15, 0.2) is 36.4 Å². The first kappa shape index (κ1) is 29.4. The number of piperidine rings is 2. The van der Waals surface area contributed by atoms with E-state index in [9.17, 15) is 9.59 Å². The summed E-state index contributed by atoms with van der Waals surface area (Å²) in [5, 5.41) is 11.6. The van der Waals surface area contributed by atoms with Crippen LogP contribution in [-0.4, -0.2) is 65.2 Å². The molecule has 2 N–H and O–H groups in total. The van der Waals surface area contributed by atoms with Gasteiger partial charge in [0.15, 0.2) is 0 Å². The molecule has 2 heterocycles. The summed E-state index contributed by atoms with van der Waals surface area (Å²) < 4.78 is 12.3. The van der Waals surface area contributed by atoms with Crippen molar-refractivity contribution in [2.24, 2.45) is 11.8 Å². The molecule has 224 valence electrons. The molecule has 3 aliphatic rings. The zero-order valence-electron chi connectivity index (χ0n) is 25.2. The van der Waals surface area contributed by atoms with Crippen LogP contribution >= 0.6 is 0 Å². The van der Waals surface area contributed by atoms with Crippen LogP contribution in [0.1, 0.15) is 72.6 Å². The Morgan fingerprint density at radius 1 is 0.738 bits per heavy atom. The lowest BCUT2D eigenvalue weighted by molar-refractivity contribution is -0.113. The van der Waals surface area contributed by atoms with Gasteiger partial charge in [0, 0.05) is 27.3 Å². The molecule has 0 radical (unpaired) electrons. The van der Waals surface area contributed by atoms with E-state index < -0.39 is 11.8 Å². The van der Waals surface area contributed by atoms with E-state index in [-0.39, 0.29) is 24.0 Å². The molecule has 6 nitrogen and oxygen atoms in total. The Labute approximate surface area is 249 Å². The van der Waals surface area contributed by atoms with Crippen LogP contribution in [-0.2, 0) is 31.9 Å². The van der Waals surface area contributed by atoms with Gasteiger partial charge >= 0.3 is 0 Å². The van der Waals surface area contributed by atoms with Crippen molar-refractivity contribution in [1.29, 1.82) is 0 Å². The lowest BCUT2D eigenvalue weighted by Gasteiger charge is -2.35. The van der Waals surface area contributed by atoms with E-state index >= 15 is 0 Å². The Morgan fingerprint density at radius 2 is 1.38 bits per heavy atom. The Bertz CT molecular complexity index is 1410. The van der Waals surface area contributed by atoms with Gasteiger partial charge in [-0.3, -0.25) is 0 Å². The number of carbonyl (C=O) groups excluding carboxylic acids is 2. The van der Waals surface area contributed by atoms with Crippen molar-refractivity contribution in [2.45, 2.75) is 75.4 Å². The summed E-state index contributed by atoms with van der Waals surface area (Å²) in [5.74, 6) is -0.408. The number of ether oxygens (including phenoxy) is 2. The summed E-state index contributed by atoms with van der Waals surface area (Å²) >= 11 is 0. The van der Waals surface area contributed by atoms with Gasteiger partial charge in [0.2, 0.25) is 0 Å². The van der Waals surface area contributed by atoms with Gasteiger partial charge in [-0.15, -0.1) is 0 Å². The predicted molar refractivity (Wildman–Crippen MR) is 168 cm³/mol. The highest BCUT2D eigenvalue weighted by Gasteiger charge is 2.37. The molecule has 0 amide bonds. The van der Waals surface area contributed by atoms with E-state index in [0.717, 1.165) is 99.2 Å². The number of aryl methyl sites for hydroxylation is 2. The van der Waals surface area contributed by atoms with Gasteiger partial charge in [-0.25, -0.2) is 0 Å². The fraction of sp³-hybridized carbons (Fsp3) is 0.556. The molecule has 1 aliphatic carbocycles. The number of rotatable bonds is 10. The normalized spacial score (nSPS) is 24.0. The minimum absolute atomic E-state index is 0.239. The molecular formula is C36H46N2O4. The minimum Gasteiger partial charge on any atom is -0.380 e. The Hall–Kier alpha value is -2.64. The third-order valence-electron chi connectivity index (χ3n) is 10.4. The third kappa shape index (κ3) is 5.43. The average molecular weight is 571 g/mol. The maximum Gasteiger partial charge on any atom is 0.130 e. The SMILES string of the molecule is COC(C1CCCNC1)C(C=O)c1cccc2c1c(C(C=O)C(OC)C1CCCNC1)cc1c3c(ccc12)CCCC3. The second kappa shape index (κ2) is 13.3. The number of benzene rings is 3. The van der Waals surface area contributed by atoms with Gasteiger partial charge < -0.3 is 29.7 Å². The number of fused-ring (bicyclic) bond motifs is 5. The highest BCUT2D eigenvalue weighted by molar-refractivity contribution is 6.12. The second-order valence-electron chi connectivity index (χ2n) is 12.7. The average Bonchev–Trinajstić information content (AvgIpc) is 3.06. The molecule has 3 aromatic rings. The standard InChI is InChI=1S/C36H46N2O4/c1-41-35(24-9-6-16-37-19-24)32(21-39)29-13-5-12-28-27-15-14-23-8-3-4-11-26(23)30(27)18-31(34(28)29)33(22-40)36(42-2)25-10-7-17-38-20-25/h5,12-15,18,21-22,24-25,32-33,35-38H,3-4,6-11,16-17,19-20H2,1-2H3. The van der Waals surface area contributed by atoms with Crippen molar-refractivity contribution in [1.82, 2.24) is 10.6 Å². The molecule has 2 saturated heterocycles. The van der Waals surface area contributed by atoms with Crippen LogP contribution in [0.3, 0.4) is 0 Å². The van der Waals surface area contributed by atoms with Crippen molar-refractivity contribution in [3.05, 3.63) is 58.7 Å². The van der Waals surface area contributed by atoms with Crippen molar-refractivity contribution >= 4 is 34.1 Å². The van der Waals surface area contributed by atoms with Crippen molar-refractivity contribution in [3.8, 4) is 0 Å². The maximum absolute atomic E-state index is 13.2. The molecule has 2 aliphatic heterocycles. The fourth-order valence-corrected chi connectivity index (χ4v) is 8.38. The highest BCUT2D eigenvalue weighted by atomic mass is 16.5. The van der Waals surface area contributed by atoms with E-state index in [1.165, 1.54) is 34.7 Å².